The van der Waals surface area contributed by atoms with Crippen LogP contribution in [0.25, 0.3) is 0 Å². The van der Waals surface area contributed by atoms with Gasteiger partial charge >= 0.3 is 0 Å². The Labute approximate surface area is 109 Å². The Morgan fingerprint density at radius 1 is 1.39 bits per heavy atom. The van der Waals surface area contributed by atoms with E-state index in [-0.39, 0.29) is 12.5 Å². The molecule has 1 amide bonds. The van der Waals surface area contributed by atoms with Gasteiger partial charge in [0.05, 0.1) is 6.61 Å². The molecule has 0 spiro atoms. The van der Waals surface area contributed by atoms with E-state index in [1.807, 2.05) is 24.3 Å². The predicted molar refractivity (Wildman–Crippen MR) is 73.7 cm³/mol. The Bertz CT molecular complexity index is 363. The van der Waals surface area contributed by atoms with E-state index in [2.05, 4.69) is 19.2 Å². The summed E-state index contributed by atoms with van der Waals surface area (Å²) in [6.45, 7) is 5.23. The molecule has 18 heavy (non-hydrogen) atoms. The van der Waals surface area contributed by atoms with Gasteiger partial charge in [-0.2, -0.15) is 0 Å². The summed E-state index contributed by atoms with van der Waals surface area (Å²) >= 11 is 0. The Morgan fingerprint density at radius 3 is 2.61 bits per heavy atom. The lowest BCUT2D eigenvalue weighted by atomic mass is 9.99. The largest absolute Gasteiger partial charge is 0.370 e. The lowest BCUT2D eigenvalue weighted by Crippen LogP contribution is -2.20. The summed E-state index contributed by atoms with van der Waals surface area (Å²) in [5, 5.41) is 2.78. The maximum Gasteiger partial charge on any atom is 0.250 e. The molecule has 1 unspecified atom stereocenters. The highest BCUT2D eigenvalue weighted by molar-refractivity contribution is 5.91. The van der Waals surface area contributed by atoms with Gasteiger partial charge < -0.3 is 15.8 Å². The summed E-state index contributed by atoms with van der Waals surface area (Å²) in [4.78, 5) is 11.5. The summed E-state index contributed by atoms with van der Waals surface area (Å²) in [5.74, 6) is 0.391. The first-order valence-electron chi connectivity index (χ1n) is 6.35. The molecule has 1 rings (SSSR count). The highest BCUT2D eigenvalue weighted by Crippen LogP contribution is 2.20. The molecular formula is C14H22N2O2. The molecule has 4 nitrogen and oxygen atoms in total. The van der Waals surface area contributed by atoms with E-state index in [4.69, 9.17) is 10.5 Å². The highest BCUT2D eigenvalue weighted by atomic mass is 16.5. The molecule has 0 aliphatic rings. The first-order valence-corrected chi connectivity index (χ1v) is 6.35. The number of carbonyl (C=O) groups is 1. The van der Waals surface area contributed by atoms with Gasteiger partial charge in [0.2, 0.25) is 5.91 Å². The minimum Gasteiger partial charge on any atom is -0.370 e. The van der Waals surface area contributed by atoms with Gasteiger partial charge in [-0.15, -0.1) is 0 Å². The zero-order valence-electron chi connectivity index (χ0n) is 11.1. The van der Waals surface area contributed by atoms with Crippen LogP contribution in [0.15, 0.2) is 24.3 Å². The second-order valence-corrected chi connectivity index (χ2v) is 4.32. The van der Waals surface area contributed by atoms with Gasteiger partial charge in [-0.05, 0) is 30.0 Å². The van der Waals surface area contributed by atoms with Gasteiger partial charge in [-0.25, -0.2) is 0 Å². The maximum atomic E-state index is 11.5. The molecule has 100 valence electrons. The molecule has 0 saturated heterocycles. The Kier molecular flexibility index (Phi) is 6.39. The number of rotatable bonds is 7. The molecule has 1 aromatic carbocycles. The molecule has 0 radical (unpaired) electrons. The second-order valence-electron chi connectivity index (χ2n) is 4.32. The molecule has 0 bridgehead atoms. The minimum atomic E-state index is -0.153. The third-order valence-corrected chi connectivity index (χ3v) is 2.87. The predicted octanol–water partition coefficient (Wildman–Crippen LogP) is 2.11. The van der Waals surface area contributed by atoms with Crippen molar-refractivity contribution in [1.82, 2.24) is 0 Å². The number of hydrogen-bond donors (Lipinski definition) is 2. The third kappa shape index (κ3) is 4.85. The van der Waals surface area contributed by atoms with Crippen LogP contribution in [0.3, 0.4) is 0 Å². The molecule has 0 saturated carbocycles. The third-order valence-electron chi connectivity index (χ3n) is 2.87. The van der Waals surface area contributed by atoms with Crippen molar-refractivity contribution >= 4 is 11.6 Å². The van der Waals surface area contributed by atoms with Crippen molar-refractivity contribution in [3.05, 3.63) is 29.8 Å². The maximum absolute atomic E-state index is 11.5. The van der Waals surface area contributed by atoms with Crippen LogP contribution in [-0.4, -0.2) is 25.7 Å². The normalized spacial score (nSPS) is 12.2. The summed E-state index contributed by atoms with van der Waals surface area (Å²) in [6.07, 6.45) is 1.11. The smallest absolute Gasteiger partial charge is 0.250 e. The number of nitrogens with two attached hydrogens (primary N) is 1. The van der Waals surface area contributed by atoms with Gasteiger partial charge in [0.15, 0.2) is 0 Å². The molecule has 0 fully saturated rings. The molecule has 1 atom stereocenters. The van der Waals surface area contributed by atoms with Gasteiger partial charge in [-0.3, -0.25) is 4.79 Å². The average Bonchev–Trinajstić information content (AvgIpc) is 2.39. The monoisotopic (exact) mass is 250 g/mol. The fraction of sp³-hybridized carbons (Fsp3) is 0.500. The fourth-order valence-corrected chi connectivity index (χ4v) is 1.58. The number of amides is 1. The zero-order chi connectivity index (χ0) is 13.4. The first-order chi connectivity index (χ1) is 8.67. The minimum absolute atomic E-state index is 0.0459. The average molecular weight is 250 g/mol. The van der Waals surface area contributed by atoms with Crippen molar-refractivity contribution in [2.24, 2.45) is 5.73 Å². The quantitative estimate of drug-likeness (QED) is 0.728. The number of carbonyl (C=O) groups excluding carboxylic acids is 1. The van der Waals surface area contributed by atoms with E-state index in [0.717, 1.165) is 12.1 Å². The van der Waals surface area contributed by atoms with Gasteiger partial charge in [0, 0.05) is 12.2 Å². The van der Waals surface area contributed by atoms with Crippen LogP contribution in [0.5, 0.6) is 0 Å². The molecule has 0 heterocycles. The van der Waals surface area contributed by atoms with Gasteiger partial charge in [0.25, 0.3) is 0 Å². The molecule has 4 heteroatoms. The zero-order valence-corrected chi connectivity index (χ0v) is 11.1. The van der Waals surface area contributed by atoms with E-state index in [0.29, 0.717) is 19.1 Å². The van der Waals surface area contributed by atoms with Crippen LogP contribution in [0.2, 0.25) is 0 Å². The van der Waals surface area contributed by atoms with E-state index in [1.165, 1.54) is 5.56 Å². The Balaban J connectivity index is 2.45. The first kappa shape index (κ1) is 14.7. The number of anilines is 1. The topological polar surface area (TPSA) is 64.3 Å². The van der Waals surface area contributed by atoms with Crippen LogP contribution >= 0.6 is 0 Å². The molecule has 0 aliphatic carbocycles. The molecule has 3 N–H and O–H groups in total. The number of hydrogen-bond acceptors (Lipinski definition) is 3. The van der Waals surface area contributed by atoms with E-state index in [9.17, 15) is 4.79 Å². The second kappa shape index (κ2) is 7.84. The van der Waals surface area contributed by atoms with Crippen molar-refractivity contribution in [3.63, 3.8) is 0 Å². The standard InChI is InChI=1S/C14H22N2O2/c1-3-11(2)12-4-6-13(7-5-12)16-14(17)10-18-9-8-15/h4-7,11H,3,8-10,15H2,1-2H3,(H,16,17). The van der Waals surface area contributed by atoms with Crippen LogP contribution in [-0.2, 0) is 9.53 Å². The summed E-state index contributed by atoms with van der Waals surface area (Å²) in [6, 6.07) is 7.93. The van der Waals surface area contributed by atoms with E-state index < -0.39 is 0 Å². The van der Waals surface area contributed by atoms with Crippen LogP contribution < -0.4 is 11.1 Å². The fourth-order valence-electron chi connectivity index (χ4n) is 1.58. The summed E-state index contributed by atoms with van der Waals surface area (Å²) in [7, 11) is 0. The molecule has 0 aromatic heterocycles. The van der Waals surface area contributed by atoms with Crippen molar-refractivity contribution in [1.29, 1.82) is 0 Å². The van der Waals surface area contributed by atoms with Crippen LogP contribution in [0.4, 0.5) is 5.69 Å². The SMILES string of the molecule is CCC(C)c1ccc(NC(=O)COCCN)cc1. The Morgan fingerprint density at radius 2 is 2.06 bits per heavy atom. The molecule has 0 aliphatic heterocycles. The summed E-state index contributed by atoms with van der Waals surface area (Å²) in [5.41, 5.74) is 7.35. The number of ether oxygens (including phenoxy) is 1. The lowest BCUT2D eigenvalue weighted by Gasteiger charge is -2.10. The van der Waals surface area contributed by atoms with Crippen molar-refractivity contribution in [2.75, 3.05) is 25.1 Å². The number of nitrogens with one attached hydrogen (secondary N) is 1. The number of benzene rings is 1. The van der Waals surface area contributed by atoms with Crippen molar-refractivity contribution in [3.8, 4) is 0 Å². The van der Waals surface area contributed by atoms with E-state index in [1.54, 1.807) is 0 Å². The van der Waals surface area contributed by atoms with Crippen LogP contribution in [0.1, 0.15) is 31.7 Å². The Hall–Kier alpha value is -1.39. The summed E-state index contributed by atoms with van der Waals surface area (Å²) < 4.78 is 5.06. The lowest BCUT2D eigenvalue weighted by molar-refractivity contribution is -0.120. The molecule has 1 aromatic rings. The van der Waals surface area contributed by atoms with E-state index >= 15 is 0 Å². The molecular weight excluding hydrogens is 228 g/mol. The van der Waals surface area contributed by atoms with Crippen LogP contribution in [0, 0.1) is 0 Å². The van der Waals surface area contributed by atoms with Gasteiger partial charge in [-0.1, -0.05) is 26.0 Å². The van der Waals surface area contributed by atoms with Gasteiger partial charge in [0.1, 0.15) is 6.61 Å². The van der Waals surface area contributed by atoms with Crippen molar-refractivity contribution in [2.45, 2.75) is 26.2 Å². The van der Waals surface area contributed by atoms with Crippen molar-refractivity contribution < 1.29 is 9.53 Å². The highest BCUT2D eigenvalue weighted by Gasteiger charge is 2.04.